The van der Waals surface area contributed by atoms with Gasteiger partial charge in [-0.2, -0.15) is 0 Å². The molecule has 3 atom stereocenters. The Kier molecular flexibility index (Phi) is 13.3. The molecule has 2 aliphatic heterocycles. The van der Waals surface area contributed by atoms with Gasteiger partial charge in [-0.25, -0.2) is 17.9 Å². The fraction of sp³-hybridized carbons (Fsp3) is 0.462. The SMILES string of the molecule is CCOc1cc(C)c(S(=O)(=O)NC(C)(C)C)cc1C1=NC(c2ccc(Cl)cc2)C(c2ccc(Cl)cc2)N1C(=O)N1CCN(CC(=O)NC(C)COC)CC1. The van der Waals surface area contributed by atoms with Crippen LogP contribution in [0.3, 0.4) is 0 Å². The van der Waals surface area contributed by atoms with E-state index < -0.39 is 27.6 Å². The summed E-state index contributed by atoms with van der Waals surface area (Å²) in [6, 6.07) is 16.1. The first-order valence-electron chi connectivity index (χ1n) is 18.0. The van der Waals surface area contributed by atoms with E-state index in [0.29, 0.717) is 66.3 Å². The zero-order valence-electron chi connectivity index (χ0n) is 31.9. The molecule has 1 saturated heterocycles. The largest absolute Gasteiger partial charge is 0.493 e. The number of hydrogen-bond donors (Lipinski definition) is 2. The fourth-order valence-electron chi connectivity index (χ4n) is 6.78. The number of methoxy groups -OCH3 is 1. The molecule has 3 aromatic rings. The second-order valence-corrected chi connectivity index (χ2v) is 17.2. The number of aryl methyl sites for hydroxylation is 1. The molecule has 1 fully saturated rings. The molecule has 12 nitrogen and oxygen atoms in total. The molecule has 54 heavy (non-hydrogen) atoms. The Labute approximate surface area is 328 Å². The Balaban J connectivity index is 1.61. The van der Waals surface area contributed by atoms with Gasteiger partial charge >= 0.3 is 6.03 Å². The Morgan fingerprint density at radius 1 is 0.963 bits per heavy atom. The number of halogens is 2. The lowest BCUT2D eigenvalue weighted by molar-refractivity contribution is -0.123. The number of urea groups is 1. The van der Waals surface area contributed by atoms with Gasteiger partial charge in [-0.1, -0.05) is 47.5 Å². The number of rotatable bonds is 12. The van der Waals surface area contributed by atoms with Gasteiger partial charge in [0.25, 0.3) is 0 Å². The molecule has 2 N–H and O–H groups in total. The molecule has 0 radical (unpaired) electrons. The lowest BCUT2D eigenvalue weighted by atomic mass is 9.93. The number of ether oxygens (including phenoxy) is 2. The first kappa shape index (κ1) is 41.4. The van der Waals surface area contributed by atoms with Gasteiger partial charge in [-0.05, 0) is 94.6 Å². The van der Waals surface area contributed by atoms with Gasteiger partial charge in [-0.15, -0.1) is 0 Å². The molecule has 3 unspecified atom stereocenters. The number of sulfonamides is 1. The number of amidine groups is 1. The van der Waals surface area contributed by atoms with Crippen LogP contribution in [0.2, 0.25) is 10.0 Å². The molecule has 2 heterocycles. The molecule has 0 bridgehead atoms. The normalized spacial score (nSPS) is 18.7. The minimum atomic E-state index is -4.01. The van der Waals surface area contributed by atoms with Crippen molar-refractivity contribution in [3.05, 3.63) is 93.0 Å². The van der Waals surface area contributed by atoms with Crippen molar-refractivity contribution in [3.8, 4) is 5.75 Å². The molecule has 0 aromatic heterocycles. The van der Waals surface area contributed by atoms with Crippen molar-refractivity contribution in [2.45, 2.75) is 70.1 Å². The quantitative estimate of drug-likeness (QED) is 0.223. The number of amides is 3. The predicted octanol–water partition coefficient (Wildman–Crippen LogP) is 6.21. The molecule has 0 saturated carbocycles. The first-order valence-corrected chi connectivity index (χ1v) is 20.2. The van der Waals surface area contributed by atoms with Crippen LogP contribution in [0.15, 0.2) is 70.6 Å². The van der Waals surface area contributed by atoms with Crippen molar-refractivity contribution < 1.29 is 27.5 Å². The van der Waals surface area contributed by atoms with Gasteiger partial charge in [0, 0.05) is 54.9 Å². The molecule has 0 aliphatic carbocycles. The molecular formula is C39H50Cl2N6O6S. The summed E-state index contributed by atoms with van der Waals surface area (Å²) >= 11 is 12.7. The van der Waals surface area contributed by atoms with E-state index >= 15 is 4.79 Å². The molecule has 3 aromatic carbocycles. The van der Waals surface area contributed by atoms with Crippen molar-refractivity contribution in [2.75, 3.05) is 53.0 Å². The highest BCUT2D eigenvalue weighted by molar-refractivity contribution is 7.89. The number of piperazine rings is 1. The first-order chi connectivity index (χ1) is 25.5. The van der Waals surface area contributed by atoms with Crippen molar-refractivity contribution in [2.24, 2.45) is 4.99 Å². The van der Waals surface area contributed by atoms with Gasteiger partial charge in [0.05, 0.1) is 36.3 Å². The van der Waals surface area contributed by atoms with Gasteiger partial charge in [0.15, 0.2) is 0 Å². The number of benzene rings is 3. The highest BCUT2D eigenvalue weighted by atomic mass is 35.5. The third-order valence-corrected chi connectivity index (χ3v) is 11.5. The summed E-state index contributed by atoms with van der Waals surface area (Å²) in [6.07, 6.45) is 0. The number of carbonyl (C=O) groups is 2. The summed E-state index contributed by atoms with van der Waals surface area (Å²) in [5, 5.41) is 4.03. The van der Waals surface area contributed by atoms with Crippen molar-refractivity contribution in [1.82, 2.24) is 24.7 Å². The van der Waals surface area contributed by atoms with E-state index in [9.17, 15) is 13.2 Å². The van der Waals surface area contributed by atoms with Gasteiger partial charge in [0.2, 0.25) is 15.9 Å². The summed E-state index contributed by atoms with van der Waals surface area (Å²) in [7, 11) is -2.42. The van der Waals surface area contributed by atoms with E-state index in [0.717, 1.165) is 11.1 Å². The van der Waals surface area contributed by atoms with Crippen LogP contribution in [0.25, 0.3) is 0 Å². The van der Waals surface area contributed by atoms with E-state index in [-0.39, 0.29) is 35.3 Å². The molecular weight excluding hydrogens is 751 g/mol. The monoisotopic (exact) mass is 800 g/mol. The molecule has 15 heteroatoms. The second-order valence-electron chi connectivity index (χ2n) is 14.7. The summed E-state index contributed by atoms with van der Waals surface area (Å²) < 4.78 is 41.8. The standard InChI is InChI=1S/C39H50Cl2N6O6S/c1-8-53-32-21-25(2)33(54(50,51)44-39(4,5)6)22-31(32)37-43-35(27-9-13-29(40)14-10-27)36(28-11-15-30(41)16-12-28)47(37)38(49)46-19-17-45(18-20-46)23-34(48)42-26(3)24-52-7/h9-16,21-22,26,35-36,44H,8,17-20,23-24H2,1-7H3,(H,42,48). The maximum Gasteiger partial charge on any atom is 0.326 e. The summed E-state index contributed by atoms with van der Waals surface area (Å²) in [4.78, 5) is 38.5. The average Bonchev–Trinajstić information content (AvgIpc) is 3.48. The van der Waals surface area contributed by atoms with E-state index in [1.54, 1.807) is 81.0 Å². The Bertz CT molecular complexity index is 1950. The zero-order chi connectivity index (χ0) is 39.4. The number of nitrogens with one attached hydrogen (secondary N) is 2. The summed E-state index contributed by atoms with van der Waals surface area (Å²) in [5.74, 6) is 0.548. The highest BCUT2D eigenvalue weighted by Crippen LogP contribution is 2.46. The number of aliphatic imine (C=N–C) groups is 1. The highest BCUT2D eigenvalue weighted by Gasteiger charge is 2.45. The van der Waals surface area contributed by atoms with Crippen LogP contribution < -0.4 is 14.8 Å². The van der Waals surface area contributed by atoms with Gasteiger partial charge in [-0.3, -0.25) is 19.6 Å². The maximum atomic E-state index is 15.1. The minimum absolute atomic E-state index is 0.0515. The third-order valence-electron chi connectivity index (χ3n) is 9.08. The lowest BCUT2D eigenvalue weighted by Gasteiger charge is -2.39. The van der Waals surface area contributed by atoms with Gasteiger partial charge in [0.1, 0.15) is 17.6 Å². The molecule has 0 spiro atoms. The van der Waals surface area contributed by atoms with Gasteiger partial charge < -0.3 is 19.7 Å². The van der Waals surface area contributed by atoms with Crippen molar-refractivity contribution >= 4 is 51.0 Å². The van der Waals surface area contributed by atoms with E-state index in [4.69, 9.17) is 37.7 Å². The van der Waals surface area contributed by atoms with Crippen LogP contribution in [-0.4, -0.2) is 106 Å². The number of nitrogens with zero attached hydrogens (tertiary/aromatic N) is 4. The number of carbonyl (C=O) groups excluding carboxylic acids is 2. The lowest BCUT2D eigenvalue weighted by Crippen LogP contribution is -2.55. The van der Waals surface area contributed by atoms with Crippen LogP contribution >= 0.6 is 23.2 Å². The van der Waals surface area contributed by atoms with E-state index in [1.807, 2.05) is 43.0 Å². The maximum absolute atomic E-state index is 15.1. The van der Waals surface area contributed by atoms with Crippen LogP contribution in [0.5, 0.6) is 5.75 Å². The minimum Gasteiger partial charge on any atom is -0.493 e. The third kappa shape index (κ3) is 9.92. The van der Waals surface area contributed by atoms with Crippen molar-refractivity contribution in [3.63, 3.8) is 0 Å². The molecule has 5 rings (SSSR count). The smallest absolute Gasteiger partial charge is 0.326 e. The summed E-state index contributed by atoms with van der Waals surface area (Å²) in [5.41, 5.74) is 1.68. The fourth-order valence-corrected chi connectivity index (χ4v) is 8.70. The van der Waals surface area contributed by atoms with Crippen LogP contribution in [-0.2, 0) is 19.6 Å². The van der Waals surface area contributed by atoms with E-state index in [2.05, 4.69) is 10.0 Å². The molecule has 2 aliphatic rings. The van der Waals surface area contributed by atoms with Crippen LogP contribution in [0.1, 0.15) is 69.0 Å². The Morgan fingerprint density at radius 3 is 2.11 bits per heavy atom. The van der Waals surface area contributed by atoms with Crippen LogP contribution in [0, 0.1) is 6.92 Å². The number of hydrogen-bond acceptors (Lipinski definition) is 8. The molecule has 292 valence electrons. The zero-order valence-corrected chi connectivity index (χ0v) is 34.2. The van der Waals surface area contributed by atoms with Crippen LogP contribution in [0.4, 0.5) is 4.79 Å². The Hall–Kier alpha value is -3.72. The topological polar surface area (TPSA) is 133 Å². The summed E-state index contributed by atoms with van der Waals surface area (Å²) in [6.45, 7) is 13.3. The average molecular weight is 802 g/mol. The predicted molar refractivity (Wildman–Crippen MR) is 212 cm³/mol. The second kappa shape index (κ2) is 17.4. The molecule has 3 amide bonds. The van der Waals surface area contributed by atoms with E-state index in [1.165, 1.54) is 0 Å². The van der Waals surface area contributed by atoms with Crippen molar-refractivity contribution in [1.29, 1.82) is 0 Å². The Morgan fingerprint density at radius 2 is 1.56 bits per heavy atom.